The third-order valence-electron chi connectivity index (χ3n) is 3.14. The summed E-state index contributed by atoms with van der Waals surface area (Å²) in [5.74, 6) is 0.768. The summed E-state index contributed by atoms with van der Waals surface area (Å²) in [6.45, 7) is 0.417. The first-order valence-corrected chi connectivity index (χ1v) is 6.59. The van der Waals surface area contributed by atoms with Gasteiger partial charge in [-0.1, -0.05) is 48.5 Å². The Bertz CT molecular complexity index is 683. The average Bonchev–Trinajstić information content (AvgIpc) is 2.89. The van der Waals surface area contributed by atoms with E-state index in [9.17, 15) is 4.79 Å². The largest absolute Gasteiger partial charge is 0.459 e. The third kappa shape index (κ3) is 2.88. The zero-order chi connectivity index (χ0) is 13.8. The first-order valence-electron chi connectivity index (χ1n) is 6.59. The summed E-state index contributed by atoms with van der Waals surface area (Å²) in [7, 11) is 0. The second kappa shape index (κ2) is 5.61. The number of rotatable bonds is 4. The van der Waals surface area contributed by atoms with Gasteiger partial charge in [-0.15, -0.1) is 0 Å². The normalized spacial score (nSPS) is 10.6. The Kier molecular flexibility index (Phi) is 3.50. The molecule has 1 heterocycles. The Morgan fingerprint density at radius 1 is 1.00 bits per heavy atom. The number of benzene rings is 2. The molecule has 1 N–H and O–H groups in total. The van der Waals surface area contributed by atoms with E-state index in [0.717, 1.165) is 22.3 Å². The minimum atomic E-state index is -0.00310. The van der Waals surface area contributed by atoms with E-state index in [4.69, 9.17) is 4.42 Å². The fourth-order valence-corrected chi connectivity index (χ4v) is 2.15. The molecule has 0 unspecified atom stereocenters. The van der Waals surface area contributed by atoms with Gasteiger partial charge in [-0.3, -0.25) is 4.79 Å². The van der Waals surface area contributed by atoms with Crippen LogP contribution in [0.25, 0.3) is 11.0 Å². The predicted octanol–water partition coefficient (Wildman–Crippen LogP) is 3.29. The van der Waals surface area contributed by atoms with Crippen molar-refractivity contribution >= 4 is 16.9 Å². The maximum Gasteiger partial charge on any atom is 0.224 e. The second-order valence-corrected chi connectivity index (χ2v) is 4.69. The summed E-state index contributed by atoms with van der Waals surface area (Å²) in [5.41, 5.74) is 1.86. The molecule has 0 fully saturated rings. The van der Waals surface area contributed by atoms with Gasteiger partial charge in [0.15, 0.2) is 0 Å². The summed E-state index contributed by atoms with van der Waals surface area (Å²) in [5, 5.41) is 3.93. The zero-order valence-corrected chi connectivity index (χ0v) is 11.0. The number of hydrogen-bond donors (Lipinski definition) is 1. The number of carbonyl (C=O) groups excluding carboxylic acids is 1. The van der Waals surface area contributed by atoms with Crippen molar-refractivity contribution in [2.24, 2.45) is 0 Å². The highest BCUT2D eigenvalue weighted by atomic mass is 16.3. The Morgan fingerprint density at radius 2 is 1.75 bits per heavy atom. The molecule has 2 aromatic carbocycles. The van der Waals surface area contributed by atoms with Gasteiger partial charge in [0.1, 0.15) is 11.3 Å². The highest BCUT2D eigenvalue weighted by molar-refractivity contribution is 5.79. The van der Waals surface area contributed by atoms with Crippen LogP contribution < -0.4 is 5.32 Å². The number of hydrogen-bond acceptors (Lipinski definition) is 2. The first kappa shape index (κ1) is 12.5. The van der Waals surface area contributed by atoms with Crippen LogP contribution in [-0.4, -0.2) is 5.91 Å². The molecule has 3 aromatic rings. The minimum Gasteiger partial charge on any atom is -0.459 e. The fraction of sp³-hybridized carbons (Fsp3) is 0.118. The molecule has 0 radical (unpaired) electrons. The Morgan fingerprint density at radius 3 is 2.55 bits per heavy atom. The van der Waals surface area contributed by atoms with Crippen LogP contribution in [0.5, 0.6) is 0 Å². The van der Waals surface area contributed by atoms with Crippen LogP contribution in [0.4, 0.5) is 0 Å². The molecule has 1 aromatic heterocycles. The smallest absolute Gasteiger partial charge is 0.224 e. The van der Waals surface area contributed by atoms with Crippen molar-refractivity contribution in [2.75, 3.05) is 0 Å². The van der Waals surface area contributed by atoms with Gasteiger partial charge >= 0.3 is 0 Å². The molecule has 0 aliphatic rings. The van der Waals surface area contributed by atoms with E-state index in [0.29, 0.717) is 13.0 Å². The highest BCUT2D eigenvalue weighted by Gasteiger charge is 2.06. The van der Waals surface area contributed by atoms with E-state index in [1.165, 1.54) is 0 Å². The van der Waals surface area contributed by atoms with Gasteiger partial charge < -0.3 is 9.73 Å². The molecule has 3 heteroatoms. The molecule has 0 aliphatic carbocycles. The van der Waals surface area contributed by atoms with Crippen molar-refractivity contribution in [1.82, 2.24) is 5.32 Å². The number of fused-ring (bicyclic) bond motifs is 1. The fourth-order valence-electron chi connectivity index (χ4n) is 2.15. The van der Waals surface area contributed by atoms with Gasteiger partial charge in [-0.2, -0.15) is 0 Å². The van der Waals surface area contributed by atoms with E-state index in [1.54, 1.807) is 0 Å². The van der Waals surface area contributed by atoms with Crippen molar-refractivity contribution in [3.63, 3.8) is 0 Å². The van der Waals surface area contributed by atoms with Crippen molar-refractivity contribution in [2.45, 2.75) is 13.0 Å². The standard InChI is InChI=1S/C17H15NO2/c19-17(10-13-6-2-1-3-7-13)18-12-15-11-14-8-4-5-9-16(14)20-15/h1-9,11H,10,12H2,(H,18,19). The topological polar surface area (TPSA) is 42.2 Å². The van der Waals surface area contributed by atoms with Crippen LogP contribution in [0.1, 0.15) is 11.3 Å². The van der Waals surface area contributed by atoms with Crippen LogP contribution in [0, 0.1) is 0 Å². The van der Waals surface area contributed by atoms with Crippen molar-refractivity contribution in [1.29, 1.82) is 0 Å². The number of furan rings is 1. The van der Waals surface area contributed by atoms with Crippen LogP contribution in [0.2, 0.25) is 0 Å². The first-order chi connectivity index (χ1) is 9.81. The van der Waals surface area contributed by atoms with Gasteiger partial charge in [0, 0.05) is 5.39 Å². The van der Waals surface area contributed by atoms with Gasteiger partial charge in [-0.25, -0.2) is 0 Å². The van der Waals surface area contributed by atoms with Gasteiger partial charge in [-0.05, 0) is 17.7 Å². The molecule has 3 rings (SSSR count). The van der Waals surface area contributed by atoms with E-state index < -0.39 is 0 Å². The molecule has 20 heavy (non-hydrogen) atoms. The number of amides is 1. The summed E-state index contributed by atoms with van der Waals surface area (Å²) in [4.78, 5) is 11.8. The molecular formula is C17H15NO2. The zero-order valence-electron chi connectivity index (χ0n) is 11.0. The lowest BCUT2D eigenvalue weighted by Crippen LogP contribution is -2.24. The lowest BCUT2D eigenvalue weighted by Gasteiger charge is -2.03. The van der Waals surface area contributed by atoms with Gasteiger partial charge in [0.25, 0.3) is 0 Å². The van der Waals surface area contributed by atoms with Crippen LogP contribution in [0.3, 0.4) is 0 Å². The molecule has 0 aliphatic heterocycles. The number of para-hydroxylation sites is 1. The Balaban J connectivity index is 1.60. The molecular weight excluding hydrogens is 250 g/mol. The molecule has 1 amide bonds. The summed E-state index contributed by atoms with van der Waals surface area (Å²) in [6, 6.07) is 19.5. The monoisotopic (exact) mass is 265 g/mol. The Hall–Kier alpha value is -2.55. The lowest BCUT2D eigenvalue weighted by atomic mass is 10.1. The quantitative estimate of drug-likeness (QED) is 0.786. The number of nitrogens with one attached hydrogen (secondary N) is 1. The van der Waals surface area contributed by atoms with Crippen LogP contribution >= 0.6 is 0 Å². The molecule has 0 atom stereocenters. The summed E-state index contributed by atoms with van der Waals surface area (Å²) < 4.78 is 5.65. The molecule has 100 valence electrons. The summed E-state index contributed by atoms with van der Waals surface area (Å²) in [6.07, 6.45) is 0.390. The summed E-state index contributed by atoms with van der Waals surface area (Å²) >= 11 is 0. The van der Waals surface area contributed by atoms with E-state index in [-0.39, 0.29) is 5.91 Å². The molecule has 3 nitrogen and oxygen atoms in total. The maximum atomic E-state index is 11.8. The maximum absolute atomic E-state index is 11.8. The van der Waals surface area contributed by atoms with Crippen molar-refractivity contribution in [3.05, 3.63) is 72.0 Å². The molecule has 0 spiro atoms. The minimum absolute atomic E-state index is 0.00310. The lowest BCUT2D eigenvalue weighted by molar-refractivity contribution is -0.120. The highest BCUT2D eigenvalue weighted by Crippen LogP contribution is 2.18. The van der Waals surface area contributed by atoms with Crippen LogP contribution in [0.15, 0.2) is 65.1 Å². The molecule has 0 saturated heterocycles. The Labute approximate surface area is 117 Å². The van der Waals surface area contributed by atoms with Crippen LogP contribution in [-0.2, 0) is 17.8 Å². The van der Waals surface area contributed by atoms with Gasteiger partial charge in [0.05, 0.1) is 13.0 Å². The van der Waals surface area contributed by atoms with E-state index >= 15 is 0 Å². The van der Waals surface area contributed by atoms with Gasteiger partial charge in [0.2, 0.25) is 5.91 Å². The molecule has 0 saturated carbocycles. The third-order valence-corrected chi connectivity index (χ3v) is 3.14. The average molecular weight is 265 g/mol. The van der Waals surface area contributed by atoms with E-state index in [1.807, 2.05) is 60.7 Å². The van der Waals surface area contributed by atoms with E-state index in [2.05, 4.69) is 5.32 Å². The molecule has 0 bridgehead atoms. The van der Waals surface area contributed by atoms with Crippen molar-refractivity contribution < 1.29 is 9.21 Å². The number of carbonyl (C=O) groups is 1. The SMILES string of the molecule is O=C(Cc1ccccc1)NCc1cc2ccccc2o1. The second-order valence-electron chi connectivity index (χ2n) is 4.69. The predicted molar refractivity (Wildman–Crippen MR) is 78.2 cm³/mol. The van der Waals surface area contributed by atoms with Crippen molar-refractivity contribution in [3.8, 4) is 0 Å².